The van der Waals surface area contributed by atoms with Crippen molar-refractivity contribution in [3.05, 3.63) is 35.4 Å². The zero-order valence-corrected chi connectivity index (χ0v) is 12.1. The van der Waals surface area contributed by atoms with Gasteiger partial charge in [-0.25, -0.2) is 0 Å². The number of ether oxygens (including phenoxy) is 1. The van der Waals surface area contributed by atoms with Gasteiger partial charge in [0.2, 0.25) is 0 Å². The maximum Gasteiger partial charge on any atom is 0.0713 e. The Morgan fingerprint density at radius 3 is 1.94 bits per heavy atom. The van der Waals surface area contributed by atoms with E-state index in [1.54, 1.807) is 7.11 Å². The lowest BCUT2D eigenvalue weighted by atomic mass is 10.0. The predicted octanol–water partition coefficient (Wildman–Crippen LogP) is 5.13. The molecule has 1 nitrogen and oxygen atoms in total. The second-order valence-corrected chi connectivity index (χ2v) is 5.12. The molecule has 0 aliphatic carbocycles. The zero-order valence-electron chi connectivity index (χ0n) is 12.1. The summed E-state index contributed by atoms with van der Waals surface area (Å²) in [7, 11) is 1.74. The minimum absolute atomic E-state index is 0.720. The minimum Gasteiger partial charge on any atom is -0.380 e. The molecule has 0 N–H and O–H groups in total. The molecule has 0 aliphatic rings. The highest BCUT2D eigenvalue weighted by molar-refractivity contribution is 5.22. The Labute approximate surface area is 113 Å². The quantitative estimate of drug-likeness (QED) is 0.522. The van der Waals surface area contributed by atoms with Gasteiger partial charge < -0.3 is 4.74 Å². The van der Waals surface area contributed by atoms with E-state index in [-0.39, 0.29) is 0 Å². The van der Waals surface area contributed by atoms with E-state index in [1.165, 1.54) is 62.5 Å². The maximum atomic E-state index is 5.11. The Morgan fingerprint density at radius 2 is 1.33 bits per heavy atom. The molecule has 0 saturated carbocycles. The molecule has 0 spiro atoms. The Kier molecular flexibility index (Phi) is 8.58. The second-order valence-electron chi connectivity index (χ2n) is 5.12. The van der Waals surface area contributed by atoms with Crippen LogP contribution in [0.2, 0.25) is 0 Å². The van der Waals surface area contributed by atoms with Crippen LogP contribution in [0, 0.1) is 0 Å². The van der Waals surface area contributed by atoms with Crippen molar-refractivity contribution in [2.45, 2.75) is 64.9 Å². The number of methoxy groups -OCH3 is 1. The van der Waals surface area contributed by atoms with Gasteiger partial charge in [0.15, 0.2) is 0 Å². The Balaban J connectivity index is 2.08. The summed E-state index contributed by atoms with van der Waals surface area (Å²) in [5.74, 6) is 0. The molecule has 0 unspecified atom stereocenters. The summed E-state index contributed by atoms with van der Waals surface area (Å²) in [5.41, 5.74) is 2.73. The van der Waals surface area contributed by atoms with E-state index in [4.69, 9.17) is 4.74 Å². The van der Waals surface area contributed by atoms with Crippen LogP contribution in [0.5, 0.6) is 0 Å². The molecule has 0 amide bonds. The lowest BCUT2D eigenvalue weighted by molar-refractivity contribution is 0.185. The molecule has 1 aromatic carbocycles. The molecule has 18 heavy (non-hydrogen) atoms. The molecule has 0 bridgehead atoms. The van der Waals surface area contributed by atoms with Crippen LogP contribution in [-0.4, -0.2) is 7.11 Å². The first kappa shape index (κ1) is 15.2. The van der Waals surface area contributed by atoms with Crippen molar-refractivity contribution in [1.82, 2.24) is 0 Å². The summed E-state index contributed by atoms with van der Waals surface area (Å²) in [6.07, 6.45) is 10.9. The van der Waals surface area contributed by atoms with Gasteiger partial charge in [-0.05, 0) is 24.0 Å². The summed E-state index contributed by atoms with van der Waals surface area (Å²) in [5, 5.41) is 0. The van der Waals surface area contributed by atoms with Crippen LogP contribution in [-0.2, 0) is 17.8 Å². The van der Waals surface area contributed by atoms with Gasteiger partial charge in [-0.15, -0.1) is 0 Å². The van der Waals surface area contributed by atoms with Crippen molar-refractivity contribution in [2.75, 3.05) is 7.11 Å². The topological polar surface area (TPSA) is 9.23 Å². The average Bonchev–Trinajstić information content (AvgIpc) is 2.40. The smallest absolute Gasteiger partial charge is 0.0713 e. The van der Waals surface area contributed by atoms with Crippen molar-refractivity contribution in [3.63, 3.8) is 0 Å². The molecule has 0 fully saturated rings. The number of hydrogen-bond donors (Lipinski definition) is 0. The van der Waals surface area contributed by atoms with Crippen molar-refractivity contribution >= 4 is 0 Å². The first-order chi connectivity index (χ1) is 8.86. The summed E-state index contributed by atoms with van der Waals surface area (Å²) in [6, 6.07) is 8.84. The summed E-state index contributed by atoms with van der Waals surface area (Å²) >= 11 is 0. The van der Waals surface area contributed by atoms with E-state index in [1.807, 2.05) is 0 Å². The molecule has 102 valence electrons. The molecule has 0 atom stereocenters. The van der Waals surface area contributed by atoms with Crippen molar-refractivity contribution in [1.29, 1.82) is 0 Å². The predicted molar refractivity (Wildman–Crippen MR) is 78.9 cm³/mol. The third-order valence-electron chi connectivity index (χ3n) is 3.40. The van der Waals surface area contributed by atoms with E-state index < -0.39 is 0 Å². The molecule has 0 aromatic heterocycles. The molecule has 1 rings (SSSR count). The van der Waals surface area contributed by atoms with Crippen LogP contribution in [0.15, 0.2) is 24.3 Å². The highest BCUT2D eigenvalue weighted by Crippen LogP contribution is 2.12. The SMILES string of the molecule is CCCCCCCCCc1ccc(COC)cc1. The van der Waals surface area contributed by atoms with Gasteiger partial charge >= 0.3 is 0 Å². The third-order valence-corrected chi connectivity index (χ3v) is 3.40. The number of hydrogen-bond acceptors (Lipinski definition) is 1. The molecule has 0 saturated heterocycles. The largest absolute Gasteiger partial charge is 0.380 e. The third kappa shape index (κ3) is 6.80. The van der Waals surface area contributed by atoms with Gasteiger partial charge in [0.25, 0.3) is 0 Å². The van der Waals surface area contributed by atoms with Gasteiger partial charge in [-0.2, -0.15) is 0 Å². The molecular formula is C17H28O. The van der Waals surface area contributed by atoms with Crippen molar-refractivity contribution < 1.29 is 4.74 Å². The average molecular weight is 248 g/mol. The molecule has 0 aliphatic heterocycles. The highest BCUT2D eigenvalue weighted by Gasteiger charge is 1.96. The Bertz CT molecular complexity index is 289. The van der Waals surface area contributed by atoms with E-state index in [9.17, 15) is 0 Å². The van der Waals surface area contributed by atoms with Gasteiger partial charge in [-0.3, -0.25) is 0 Å². The Hall–Kier alpha value is -0.820. The molecule has 1 heteroatoms. The first-order valence-corrected chi connectivity index (χ1v) is 7.43. The summed E-state index contributed by atoms with van der Waals surface area (Å²) in [4.78, 5) is 0. The van der Waals surface area contributed by atoms with E-state index in [0.29, 0.717) is 0 Å². The standard InChI is InChI=1S/C17H28O/c1-3-4-5-6-7-8-9-10-16-11-13-17(14-12-16)15-18-2/h11-14H,3-10,15H2,1-2H3. The molecule has 1 aromatic rings. The van der Waals surface area contributed by atoms with Gasteiger partial charge in [0.05, 0.1) is 6.61 Å². The number of benzene rings is 1. The van der Waals surface area contributed by atoms with Crippen LogP contribution in [0.4, 0.5) is 0 Å². The first-order valence-electron chi connectivity index (χ1n) is 7.43. The lowest BCUT2D eigenvalue weighted by Crippen LogP contribution is -1.90. The van der Waals surface area contributed by atoms with Crippen LogP contribution >= 0.6 is 0 Å². The Morgan fingerprint density at radius 1 is 0.778 bits per heavy atom. The van der Waals surface area contributed by atoms with Crippen LogP contribution in [0.25, 0.3) is 0 Å². The van der Waals surface area contributed by atoms with Crippen LogP contribution in [0.1, 0.15) is 63.0 Å². The normalized spacial score (nSPS) is 10.8. The summed E-state index contributed by atoms with van der Waals surface area (Å²) in [6.45, 7) is 2.99. The van der Waals surface area contributed by atoms with Gasteiger partial charge in [0, 0.05) is 7.11 Å². The maximum absolute atomic E-state index is 5.11. The van der Waals surface area contributed by atoms with Crippen molar-refractivity contribution in [2.24, 2.45) is 0 Å². The monoisotopic (exact) mass is 248 g/mol. The fraction of sp³-hybridized carbons (Fsp3) is 0.647. The van der Waals surface area contributed by atoms with E-state index >= 15 is 0 Å². The van der Waals surface area contributed by atoms with Crippen molar-refractivity contribution in [3.8, 4) is 0 Å². The molecular weight excluding hydrogens is 220 g/mol. The van der Waals surface area contributed by atoms with E-state index in [0.717, 1.165) is 6.61 Å². The zero-order chi connectivity index (χ0) is 13.1. The van der Waals surface area contributed by atoms with E-state index in [2.05, 4.69) is 31.2 Å². The second kappa shape index (κ2) is 10.1. The van der Waals surface area contributed by atoms with Crippen LogP contribution < -0.4 is 0 Å². The minimum atomic E-state index is 0.720. The fourth-order valence-corrected chi connectivity index (χ4v) is 2.26. The molecule has 0 heterocycles. The number of unbranched alkanes of at least 4 members (excludes halogenated alkanes) is 6. The number of aryl methyl sites for hydroxylation is 1. The fourth-order valence-electron chi connectivity index (χ4n) is 2.26. The van der Waals surface area contributed by atoms with Gasteiger partial charge in [0.1, 0.15) is 0 Å². The lowest BCUT2D eigenvalue weighted by Gasteiger charge is -2.04. The highest BCUT2D eigenvalue weighted by atomic mass is 16.5. The van der Waals surface area contributed by atoms with Crippen LogP contribution in [0.3, 0.4) is 0 Å². The number of rotatable bonds is 10. The summed E-state index contributed by atoms with van der Waals surface area (Å²) < 4.78 is 5.11. The van der Waals surface area contributed by atoms with Gasteiger partial charge in [-0.1, -0.05) is 69.7 Å². The molecule has 0 radical (unpaired) electrons.